The molecule has 2 bridgehead atoms. The Hall–Kier alpha value is -1.12. The molecule has 0 aliphatic carbocycles. The monoisotopic (exact) mass is 334 g/mol. The Balaban J connectivity index is 1.78. The number of piperidine rings is 1. The van der Waals surface area contributed by atoms with Gasteiger partial charge in [-0.25, -0.2) is 13.1 Å². The van der Waals surface area contributed by atoms with Crippen LogP contribution in [-0.2, 0) is 16.2 Å². The summed E-state index contributed by atoms with van der Waals surface area (Å²) in [6.07, 6.45) is -1.16. The molecule has 0 amide bonds. The van der Waals surface area contributed by atoms with Gasteiger partial charge in [-0.3, -0.25) is 0 Å². The van der Waals surface area contributed by atoms with Crippen molar-refractivity contribution >= 4 is 10.0 Å². The van der Waals surface area contributed by atoms with E-state index in [0.717, 1.165) is 25.0 Å². The van der Waals surface area contributed by atoms with Crippen molar-refractivity contribution in [1.82, 2.24) is 10.0 Å². The molecule has 1 aromatic carbocycles. The number of alkyl halides is 3. The Kier molecular flexibility index (Phi) is 3.94. The van der Waals surface area contributed by atoms with Crippen LogP contribution in [0.4, 0.5) is 13.2 Å². The molecule has 0 aromatic heterocycles. The predicted molar refractivity (Wildman–Crippen MR) is 74.7 cm³/mol. The van der Waals surface area contributed by atoms with Crippen LogP contribution >= 0.6 is 0 Å². The van der Waals surface area contributed by atoms with Gasteiger partial charge in [0.05, 0.1) is 10.5 Å². The molecule has 2 saturated heterocycles. The van der Waals surface area contributed by atoms with Crippen LogP contribution in [0.5, 0.6) is 0 Å². The highest BCUT2D eigenvalue weighted by Crippen LogP contribution is 2.31. The standard InChI is InChI=1S/C14H17F3N2O2S/c15-14(16,17)9-2-1-3-13(6-9)22(20,21)19-12-7-10-4-5-11(8-12)18-10/h1-3,6,10-12,18-19H,4-5,7-8H2. The highest BCUT2D eigenvalue weighted by atomic mass is 32.2. The average molecular weight is 334 g/mol. The van der Waals surface area contributed by atoms with Crippen molar-refractivity contribution in [2.45, 2.75) is 54.9 Å². The molecule has 2 N–H and O–H groups in total. The maximum absolute atomic E-state index is 12.7. The zero-order chi connectivity index (χ0) is 16.0. The van der Waals surface area contributed by atoms with Gasteiger partial charge in [-0.2, -0.15) is 13.2 Å². The minimum absolute atomic E-state index is 0.224. The molecule has 2 heterocycles. The SMILES string of the molecule is O=S(=O)(NC1CC2CCC(C1)N2)c1cccc(C(F)(F)F)c1. The first kappa shape index (κ1) is 15.8. The van der Waals surface area contributed by atoms with Gasteiger partial charge in [0, 0.05) is 18.1 Å². The lowest BCUT2D eigenvalue weighted by atomic mass is 10.0. The van der Waals surface area contributed by atoms with Gasteiger partial charge in [-0.15, -0.1) is 0 Å². The van der Waals surface area contributed by atoms with Gasteiger partial charge in [0.15, 0.2) is 0 Å². The second-order valence-electron chi connectivity index (χ2n) is 5.95. The second-order valence-corrected chi connectivity index (χ2v) is 7.67. The second kappa shape index (κ2) is 5.50. The van der Waals surface area contributed by atoms with Gasteiger partial charge >= 0.3 is 6.18 Å². The normalized spacial score (nSPS) is 28.8. The topological polar surface area (TPSA) is 58.2 Å². The molecular weight excluding hydrogens is 317 g/mol. The van der Waals surface area contributed by atoms with E-state index in [1.807, 2.05) is 0 Å². The minimum atomic E-state index is -4.56. The number of hydrogen-bond acceptors (Lipinski definition) is 3. The van der Waals surface area contributed by atoms with Crippen LogP contribution in [0, 0.1) is 0 Å². The van der Waals surface area contributed by atoms with Gasteiger partial charge in [-0.1, -0.05) is 6.07 Å². The minimum Gasteiger partial charge on any atom is -0.311 e. The lowest BCUT2D eigenvalue weighted by Crippen LogP contribution is -2.47. The van der Waals surface area contributed by atoms with E-state index in [9.17, 15) is 21.6 Å². The average Bonchev–Trinajstić information content (AvgIpc) is 2.77. The first-order valence-electron chi connectivity index (χ1n) is 7.20. The Labute approximate surface area is 127 Å². The highest BCUT2D eigenvalue weighted by molar-refractivity contribution is 7.89. The lowest BCUT2D eigenvalue weighted by molar-refractivity contribution is -0.137. The molecule has 3 rings (SSSR count). The quantitative estimate of drug-likeness (QED) is 0.891. The Morgan fingerprint density at radius 2 is 1.77 bits per heavy atom. The first-order valence-corrected chi connectivity index (χ1v) is 8.68. The van der Waals surface area contributed by atoms with E-state index < -0.39 is 21.8 Å². The molecule has 4 nitrogen and oxygen atoms in total. The number of benzene rings is 1. The summed E-state index contributed by atoms with van der Waals surface area (Å²) in [6, 6.07) is 4.22. The van der Waals surface area contributed by atoms with Crippen LogP contribution in [-0.4, -0.2) is 26.5 Å². The fraction of sp³-hybridized carbons (Fsp3) is 0.571. The Morgan fingerprint density at radius 3 is 2.36 bits per heavy atom. The van der Waals surface area contributed by atoms with Crippen molar-refractivity contribution < 1.29 is 21.6 Å². The van der Waals surface area contributed by atoms with Crippen molar-refractivity contribution in [1.29, 1.82) is 0 Å². The number of hydrogen-bond donors (Lipinski definition) is 2. The molecule has 0 spiro atoms. The number of sulfonamides is 1. The van der Waals surface area contributed by atoms with Crippen molar-refractivity contribution in [3.63, 3.8) is 0 Å². The summed E-state index contributed by atoms with van der Waals surface area (Å²) < 4.78 is 65.3. The van der Waals surface area contributed by atoms with E-state index >= 15 is 0 Å². The molecule has 0 radical (unpaired) electrons. The predicted octanol–water partition coefficient (Wildman–Crippen LogP) is 2.27. The Bertz CT molecular complexity index is 648. The maximum atomic E-state index is 12.7. The van der Waals surface area contributed by atoms with Gasteiger partial charge in [0.2, 0.25) is 10.0 Å². The molecule has 122 valence electrons. The smallest absolute Gasteiger partial charge is 0.311 e. The van der Waals surface area contributed by atoms with Crippen LogP contribution in [0.3, 0.4) is 0 Å². The van der Waals surface area contributed by atoms with E-state index in [-0.39, 0.29) is 10.9 Å². The van der Waals surface area contributed by atoms with Gasteiger partial charge < -0.3 is 5.32 Å². The molecule has 2 fully saturated rings. The van der Waals surface area contributed by atoms with Crippen molar-refractivity contribution in [2.24, 2.45) is 0 Å². The van der Waals surface area contributed by atoms with E-state index in [4.69, 9.17) is 0 Å². The number of nitrogens with one attached hydrogen (secondary N) is 2. The molecule has 1 aromatic rings. The molecule has 8 heteroatoms. The summed E-state index contributed by atoms with van der Waals surface area (Å²) in [5.74, 6) is 0. The molecular formula is C14H17F3N2O2S. The summed E-state index contributed by atoms with van der Waals surface area (Å²) in [4.78, 5) is -0.340. The summed E-state index contributed by atoms with van der Waals surface area (Å²) in [5.41, 5.74) is -0.958. The third-order valence-corrected chi connectivity index (χ3v) is 5.78. The number of halogens is 3. The summed E-state index contributed by atoms with van der Waals surface area (Å²) in [5, 5.41) is 3.39. The fourth-order valence-electron chi connectivity index (χ4n) is 3.28. The summed E-state index contributed by atoms with van der Waals surface area (Å²) in [7, 11) is -3.94. The number of fused-ring (bicyclic) bond motifs is 2. The Morgan fingerprint density at radius 1 is 1.14 bits per heavy atom. The molecule has 22 heavy (non-hydrogen) atoms. The number of rotatable bonds is 3. The van der Waals surface area contributed by atoms with Gasteiger partial charge in [0.1, 0.15) is 0 Å². The van der Waals surface area contributed by atoms with Crippen molar-refractivity contribution in [3.05, 3.63) is 29.8 Å². The van der Waals surface area contributed by atoms with Crippen LogP contribution in [0.25, 0.3) is 0 Å². The van der Waals surface area contributed by atoms with E-state index in [1.54, 1.807) is 0 Å². The van der Waals surface area contributed by atoms with E-state index in [2.05, 4.69) is 10.0 Å². The summed E-state index contributed by atoms with van der Waals surface area (Å²) >= 11 is 0. The zero-order valence-electron chi connectivity index (χ0n) is 11.7. The summed E-state index contributed by atoms with van der Waals surface area (Å²) in [6.45, 7) is 0. The van der Waals surface area contributed by atoms with E-state index in [1.165, 1.54) is 6.07 Å². The molecule has 0 saturated carbocycles. The van der Waals surface area contributed by atoms with Crippen LogP contribution in [0.2, 0.25) is 0 Å². The third-order valence-electron chi connectivity index (χ3n) is 4.27. The zero-order valence-corrected chi connectivity index (χ0v) is 12.5. The molecule has 2 atom stereocenters. The van der Waals surface area contributed by atoms with Crippen LogP contribution < -0.4 is 10.0 Å². The first-order chi connectivity index (χ1) is 10.2. The maximum Gasteiger partial charge on any atom is 0.416 e. The van der Waals surface area contributed by atoms with Crippen molar-refractivity contribution in [2.75, 3.05) is 0 Å². The van der Waals surface area contributed by atoms with Crippen LogP contribution in [0.15, 0.2) is 29.2 Å². The molecule has 2 aliphatic rings. The van der Waals surface area contributed by atoms with Crippen molar-refractivity contribution in [3.8, 4) is 0 Å². The molecule has 2 aliphatic heterocycles. The third kappa shape index (κ3) is 3.28. The van der Waals surface area contributed by atoms with Crippen LogP contribution in [0.1, 0.15) is 31.2 Å². The fourth-order valence-corrected chi connectivity index (χ4v) is 4.59. The lowest BCUT2D eigenvalue weighted by Gasteiger charge is -2.29. The largest absolute Gasteiger partial charge is 0.416 e. The highest BCUT2D eigenvalue weighted by Gasteiger charge is 2.36. The van der Waals surface area contributed by atoms with E-state index in [0.29, 0.717) is 31.0 Å². The molecule has 2 unspecified atom stereocenters. The van der Waals surface area contributed by atoms with Gasteiger partial charge in [-0.05, 0) is 43.9 Å². The van der Waals surface area contributed by atoms with Gasteiger partial charge in [0.25, 0.3) is 0 Å².